The summed E-state index contributed by atoms with van der Waals surface area (Å²) >= 11 is 1.48. The van der Waals surface area contributed by atoms with Gasteiger partial charge < -0.3 is 9.15 Å². The maximum Gasteiger partial charge on any atom is 0.281 e. The summed E-state index contributed by atoms with van der Waals surface area (Å²) in [5.74, 6) is 1.69. The lowest BCUT2D eigenvalue weighted by atomic mass is 10.2. The number of benzene rings is 1. The van der Waals surface area contributed by atoms with Gasteiger partial charge in [-0.15, -0.1) is 0 Å². The van der Waals surface area contributed by atoms with E-state index < -0.39 is 0 Å². The van der Waals surface area contributed by atoms with Crippen molar-refractivity contribution in [2.24, 2.45) is 0 Å². The molecule has 5 nitrogen and oxygen atoms in total. The number of fused-ring (bicyclic) bond motifs is 2. The van der Waals surface area contributed by atoms with Gasteiger partial charge in [0.25, 0.3) is 5.19 Å². The predicted octanol–water partition coefficient (Wildman–Crippen LogP) is 4.60. The number of nitrogens with zero attached hydrogens (tertiary/aromatic N) is 3. The predicted molar refractivity (Wildman–Crippen MR) is 98.1 cm³/mol. The summed E-state index contributed by atoms with van der Waals surface area (Å²) in [5, 5.41) is 1.67. The molecule has 0 atom stereocenters. The lowest BCUT2D eigenvalue weighted by Gasteiger charge is -2.11. The molecule has 5 rings (SSSR count). The Bertz CT molecular complexity index is 1040. The van der Waals surface area contributed by atoms with Crippen LogP contribution in [0.15, 0.2) is 59.2 Å². The number of ether oxygens (including phenoxy) is 1. The molecule has 0 N–H and O–H groups in total. The molecule has 0 spiro atoms. The van der Waals surface area contributed by atoms with Crippen LogP contribution in [-0.4, -0.2) is 28.0 Å². The number of hydrogen-bond acceptors (Lipinski definition) is 6. The van der Waals surface area contributed by atoms with Crippen LogP contribution in [0.3, 0.4) is 0 Å². The summed E-state index contributed by atoms with van der Waals surface area (Å²) in [4.78, 5) is 11.0. The van der Waals surface area contributed by atoms with Crippen molar-refractivity contribution >= 4 is 32.7 Å². The number of pyridine rings is 1. The van der Waals surface area contributed by atoms with Gasteiger partial charge in [0.1, 0.15) is 17.1 Å². The molecule has 6 heteroatoms. The minimum absolute atomic E-state index is 0.586. The fourth-order valence-electron chi connectivity index (χ4n) is 2.97. The third kappa shape index (κ3) is 2.90. The highest BCUT2D eigenvalue weighted by molar-refractivity contribution is 7.20. The SMILES string of the molecule is C1=CCN(Cc2cc3ccc(Oc4nc5ncccc5s4)cc3o2)C1. The van der Waals surface area contributed by atoms with Crippen LogP contribution < -0.4 is 4.74 Å². The van der Waals surface area contributed by atoms with Crippen molar-refractivity contribution < 1.29 is 9.15 Å². The Hall–Kier alpha value is -2.70. The molecule has 0 fully saturated rings. The maximum absolute atomic E-state index is 5.99. The number of rotatable bonds is 4. The fourth-order valence-corrected chi connectivity index (χ4v) is 3.77. The highest BCUT2D eigenvalue weighted by Gasteiger charge is 2.12. The van der Waals surface area contributed by atoms with Gasteiger partial charge in [-0.05, 0) is 30.3 Å². The molecular formula is C19H15N3O2S. The Morgan fingerprint density at radius 3 is 2.96 bits per heavy atom. The van der Waals surface area contributed by atoms with E-state index >= 15 is 0 Å². The zero-order chi connectivity index (χ0) is 16.6. The first-order valence-electron chi connectivity index (χ1n) is 8.13. The molecule has 0 bridgehead atoms. The van der Waals surface area contributed by atoms with Gasteiger partial charge in [-0.25, -0.2) is 4.98 Å². The lowest BCUT2D eigenvalue weighted by molar-refractivity contribution is 0.313. The summed E-state index contributed by atoms with van der Waals surface area (Å²) in [6.45, 7) is 2.79. The monoisotopic (exact) mass is 349 g/mol. The van der Waals surface area contributed by atoms with Gasteiger partial charge in [-0.1, -0.05) is 23.5 Å². The van der Waals surface area contributed by atoms with Gasteiger partial charge in [-0.2, -0.15) is 4.98 Å². The van der Waals surface area contributed by atoms with Crippen LogP contribution in [0.4, 0.5) is 0 Å². The van der Waals surface area contributed by atoms with Gasteiger partial charge in [0.15, 0.2) is 5.65 Å². The van der Waals surface area contributed by atoms with E-state index in [-0.39, 0.29) is 0 Å². The van der Waals surface area contributed by atoms with Gasteiger partial charge in [0.2, 0.25) is 0 Å². The quantitative estimate of drug-likeness (QED) is 0.504. The molecule has 1 aliphatic rings. The third-order valence-electron chi connectivity index (χ3n) is 4.17. The van der Waals surface area contributed by atoms with Crippen LogP contribution >= 0.6 is 11.3 Å². The van der Waals surface area contributed by atoms with E-state index in [1.807, 2.05) is 30.3 Å². The number of aromatic nitrogens is 2. The highest BCUT2D eigenvalue weighted by Crippen LogP contribution is 2.32. The Labute approximate surface area is 148 Å². The van der Waals surface area contributed by atoms with Crippen LogP contribution in [0.5, 0.6) is 10.9 Å². The van der Waals surface area contributed by atoms with Crippen molar-refractivity contribution in [3.63, 3.8) is 0 Å². The van der Waals surface area contributed by atoms with E-state index in [9.17, 15) is 0 Å². The normalized spacial score (nSPS) is 14.7. The van der Waals surface area contributed by atoms with E-state index in [0.717, 1.165) is 46.8 Å². The maximum atomic E-state index is 5.99. The highest BCUT2D eigenvalue weighted by atomic mass is 32.1. The van der Waals surface area contributed by atoms with Crippen molar-refractivity contribution in [3.05, 3.63) is 60.5 Å². The second kappa shape index (κ2) is 5.98. The Morgan fingerprint density at radius 1 is 1.16 bits per heavy atom. The topological polar surface area (TPSA) is 51.4 Å². The Kier molecular flexibility index (Phi) is 3.50. The van der Waals surface area contributed by atoms with E-state index in [4.69, 9.17) is 9.15 Å². The van der Waals surface area contributed by atoms with E-state index in [0.29, 0.717) is 10.8 Å². The number of furan rings is 1. The first-order chi connectivity index (χ1) is 12.3. The zero-order valence-corrected chi connectivity index (χ0v) is 14.2. The second-order valence-electron chi connectivity index (χ2n) is 5.98. The van der Waals surface area contributed by atoms with E-state index in [1.54, 1.807) is 6.20 Å². The summed E-state index contributed by atoms with van der Waals surface area (Å²) in [6.07, 6.45) is 6.10. The van der Waals surface area contributed by atoms with E-state index in [2.05, 4.69) is 33.1 Å². The molecule has 3 aromatic heterocycles. The lowest BCUT2D eigenvalue weighted by Crippen LogP contribution is -2.18. The largest absolute Gasteiger partial charge is 0.460 e. The smallest absolute Gasteiger partial charge is 0.281 e. The summed E-state index contributed by atoms with van der Waals surface area (Å²) in [7, 11) is 0. The minimum Gasteiger partial charge on any atom is -0.460 e. The molecule has 0 aliphatic carbocycles. The first-order valence-corrected chi connectivity index (χ1v) is 8.94. The van der Waals surface area contributed by atoms with Crippen LogP contribution in [-0.2, 0) is 6.54 Å². The molecule has 0 amide bonds. The minimum atomic E-state index is 0.586. The van der Waals surface area contributed by atoms with E-state index in [1.165, 1.54) is 11.3 Å². The number of thiazole rings is 1. The molecule has 0 unspecified atom stereocenters. The molecule has 0 radical (unpaired) electrons. The molecule has 1 aliphatic heterocycles. The molecule has 124 valence electrons. The molecule has 25 heavy (non-hydrogen) atoms. The van der Waals surface area contributed by atoms with Crippen LogP contribution in [0.25, 0.3) is 21.3 Å². The average Bonchev–Trinajstić information content (AvgIpc) is 3.33. The molecule has 4 heterocycles. The number of hydrogen-bond donors (Lipinski definition) is 0. The summed E-state index contributed by atoms with van der Waals surface area (Å²) < 4.78 is 12.9. The molecule has 4 aromatic rings. The van der Waals surface area contributed by atoms with Crippen LogP contribution in [0.1, 0.15) is 5.76 Å². The average molecular weight is 349 g/mol. The van der Waals surface area contributed by atoms with Crippen molar-refractivity contribution in [1.82, 2.24) is 14.9 Å². The summed E-state index contributed by atoms with van der Waals surface area (Å²) in [6, 6.07) is 11.9. The molecule has 1 aromatic carbocycles. The molecular weight excluding hydrogens is 334 g/mol. The fraction of sp³-hybridized carbons (Fsp3) is 0.158. The van der Waals surface area contributed by atoms with Crippen molar-refractivity contribution in [2.75, 3.05) is 13.1 Å². The Morgan fingerprint density at radius 2 is 2.08 bits per heavy atom. The standard InChI is InChI=1S/C19H15N3O2S/c1-2-9-22(8-1)12-15-10-13-5-6-14(11-16(13)23-15)24-19-21-18-17(25-19)4-3-7-20-18/h1-7,10-11H,8-9,12H2. The third-order valence-corrected chi connectivity index (χ3v) is 5.05. The molecule has 0 saturated carbocycles. The zero-order valence-electron chi connectivity index (χ0n) is 13.4. The van der Waals surface area contributed by atoms with Gasteiger partial charge >= 0.3 is 0 Å². The van der Waals surface area contributed by atoms with Crippen molar-refractivity contribution in [2.45, 2.75) is 6.54 Å². The van der Waals surface area contributed by atoms with Crippen LogP contribution in [0.2, 0.25) is 0 Å². The Balaban J connectivity index is 1.39. The second-order valence-corrected chi connectivity index (χ2v) is 6.98. The molecule has 0 saturated heterocycles. The van der Waals surface area contributed by atoms with Gasteiger partial charge in [-0.3, -0.25) is 4.90 Å². The van der Waals surface area contributed by atoms with Crippen molar-refractivity contribution in [3.8, 4) is 10.9 Å². The first kappa shape index (κ1) is 14.6. The van der Waals surface area contributed by atoms with Crippen molar-refractivity contribution in [1.29, 1.82) is 0 Å². The summed E-state index contributed by atoms with van der Waals surface area (Å²) in [5.41, 5.74) is 1.54. The van der Waals surface area contributed by atoms with Crippen LogP contribution in [0, 0.1) is 0 Å². The van der Waals surface area contributed by atoms with Gasteiger partial charge in [0.05, 0.1) is 11.2 Å². The van der Waals surface area contributed by atoms with Gasteiger partial charge in [0, 0.05) is 30.7 Å².